The van der Waals surface area contributed by atoms with Gasteiger partial charge in [0, 0.05) is 5.41 Å². The summed E-state index contributed by atoms with van der Waals surface area (Å²) in [4.78, 5) is 11.7. The van der Waals surface area contributed by atoms with Crippen LogP contribution in [-0.4, -0.2) is 28.6 Å². The Morgan fingerprint density at radius 1 is 1.27 bits per heavy atom. The number of ether oxygens (including phenoxy) is 2. The summed E-state index contributed by atoms with van der Waals surface area (Å²) in [6.45, 7) is 10.4. The van der Waals surface area contributed by atoms with E-state index in [4.69, 9.17) is 9.47 Å². The lowest BCUT2D eigenvalue weighted by molar-refractivity contribution is -0.186. The molecule has 1 aliphatic heterocycles. The van der Waals surface area contributed by atoms with Crippen molar-refractivity contribution in [2.24, 2.45) is 5.41 Å². The molecular weight excluding hydrogens is 196 g/mol. The van der Waals surface area contributed by atoms with Crippen molar-refractivity contribution >= 4 is 5.97 Å². The molecule has 1 rings (SSSR count). The minimum Gasteiger partial charge on any atom is -0.433 e. The quantitative estimate of drug-likeness (QED) is 0.674. The minimum absolute atomic E-state index is 0.293. The van der Waals surface area contributed by atoms with Gasteiger partial charge < -0.3 is 14.6 Å². The summed E-state index contributed by atoms with van der Waals surface area (Å²) in [6.07, 6.45) is -0.610. The molecule has 2 atom stereocenters. The summed E-state index contributed by atoms with van der Waals surface area (Å²) < 4.78 is 10.7. The van der Waals surface area contributed by atoms with Gasteiger partial charge in [-0.05, 0) is 20.8 Å². The van der Waals surface area contributed by atoms with Crippen LogP contribution in [-0.2, 0) is 14.3 Å². The Kier molecular flexibility index (Phi) is 2.65. The number of esters is 1. The van der Waals surface area contributed by atoms with Crippen molar-refractivity contribution in [2.75, 3.05) is 0 Å². The predicted octanol–water partition coefficient (Wildman–Crippen LogP) is 1.46. The van der Waals surface area contributed by atoms with Crippen LogP contribution in [0.4, 0.5) is 0 Å². The average Bonchev–Trinajstić information content (AvgIpc) is 2.27. The van der Waals surface area contributed by atoms with Crippen molar-refractivity contribution in [3.05, 3.63) is 0 Å². The van der Waals surface area contributed by atoms with Crippen molar-refractivity contribution in [1.82, 2.24) is 0 Å². The van der Waals surface area contributed by atoms with Crippen LogP contribution in [0, 0.1) is 5.41 Å². The van der Waals surface area contributed by atoms with Gasteiger partial charge in [0.25, 0.3) is 0 Å². The van der Waals surface area contributed by atoms with Crippen LogP contribution in [0.15, 0.2) is 0 Å². The molecule has 4 heteroatoms. The standard InChI is InChI=1S/C11H20O4/c1-9(2,3)8-14-7(12)11(6,15-8)10(4,5)13/h8,13H,1-6H3. The maximum absolute atomic E-state index is 11.7. The second-order valence-corrected chi connectivity index (χ2v) is 5.81. The highest BCUT2D eigenvalue weighted by molar-refractivity contribution is 5.82. The SMILES string of the molecule is CC(C)(C)C1OC(=O)C(C)(C(C)(C)O)O1. The van der Waals surface area contributed by atoms with Crippen molar-refractivity contribution in [3.63, 3.8) is 0 Å². The molecule has 1 aliphatic rings. The molecule has 88 valence electrons. The van der Waals surface area contributed by atoms with Gasteiger partial charge in [-0.2, -0.15) is 0 Å². The largest absolute Gasteiger partial charge is 0.433 e. The Labute approximate surface area is 90.6 Å². The van der Waals surface area contributed by atoms with Gasteiger partial charge in [0.1, 0.15) is 0 Å². The second-order valence-electron chi connectivity index (χ2n) is 5.81. The van der Waals surface area contributed by atoms with E-state index in [-0.39, 0.29) is 5.41 Å². The van der Waals surface area contributed by atoms with Gasteiger partial charge in [0.15, 0.2) is 5.60 Å². The summed E-state index contributed by atoms with van der Waals surface area (Å²) >= 11 is 0. The molecule has 0 spiro atoms. The molecule has 1 fully saturated rings. The Bertz CT molecular complexity index is 271. The number of hydrogen-bond acceptors (Lipinski definition) is 4. The van der Waals surface area contributed by atoms with E-state index >= 15 is 0 Å². The first kappa shape index (κ1) is 12.5. The summed E-state index contributed by atoms with van der Waals surface area (Å²) in [5.41, 5.74) is -2.84. The van der Waals surface area contributed by atoms with E-state index in [0.717, 1.165) is 0 Å². The predicted molar refractivity (Wildman–Crippen MR) is 55.1 cm³/mol. The van der Waals surface area contributed by atoms with Crippen LogP contribution in [0.2, 0.25) is 0 Å². The molecule has 0 aromatic rings. The number of carbonyl (C=O) groups is 1. The van der Waals surface area contributed by atoms with Gasteiger partial charge in [0.05, 0.1) is 5.60 Å². The Hall–Kier alpha value is -0.610. The molecule has 4 nitrogen and oxygen atoms in total. The van der Waals surface area contributed by atoms with Gasteiger partial charge in [-0.1, -0.05) is 20.8 Å². The highest BCUT2D eigenvalue weighted by Gasteiger charge is 2.58. The zero-order valence-electron chi connectivity index (χ0n) is 10.2. The fourth-order valence-corrected chi connectivity index (χ4v) is 1.24. The number of hydrogen-bond donors (Lipinski definition) is 1. The number of cyclic esters (lactones) is 1. The summed E-state index contributed by atoms with van der Waals surface area (Å²) in [5, 5.41) is 9.90. The van der Waals surface area contributed by atoms with Crippen LogP contribution in [0.3, 0.4) is 0 Å². The van der Waals surface area contributed by atoms with Crippen molar-refractivity contribution < 1.29 is 19.4 Å². The first-order valence-electron chi connectivity index (χ1n) is 5.10. The second kappa shape index (κ2) is 3.19. The van der Waals surface area contributed by atoms with E-state index in [0.29, 0.717) is 0 Å². The molecule has 0 radical (unpaired) electrons. The van der Waals surface area contributed by atoms with Crippen molar-refractivity contribution in [3.8, 4) is 0 Å². The van der Waals surface area contributed by atoms with E-state index in [2.05, 4.69) is 0 Å². The molecule has 1 heterocycles. The van der Waals surface area contributed by atoms with E-state index in [1.54, 1.807) is 20.8 Å². The van der Waals surface area contributed by atoms with Crippen molar-refractivity contribution in [1.29, 1.82) is 0 Å². The van der Waals surface area contributed by atoms with Gasteiger partial charge in [0.2, 0.25) is 6.29 Å². The van der Waals surface area contributed by atoms with Gasteiger partial charge in [-0.15, -0.1) is 0 Å². The number of aliphatic hydroxyl groups is 1. The molecular formula is C11H20O4. The van der Waals surface area contributed by atoms with Crippen LogP contribution in [0.5, 0.6) is 0 Å². The first-order chi connectivity index (χ1) is 6.48. The van der Waals surface area contributed by atoms with Gasteiger partial charge >= 0.3 is 5.97 Å². The Morgan fingerprint density at radius 2 is 1.73 bits per heavy atom. The smallest absolute Gasteiger partial charge is 0.343 e. The summed E-state index contributed by atoms with van der Waals surface area (Å²) in [7, 11) is 0. The summed E-state index contributed by atoms with van der Waals surface area (Å²) in [6, 6.07) is 0. The third-order valence-corrected chi connectivity index (χ3v) is 2.82. The molecule has 15 heavy (non-hydrogen) atoms. The zero-order chi connectivity index (χ0) is 12.1. The molecule has 1 saturated heterocycles. The van der Waals surface area contributed by atoms with Crippen LogP contribution >= 0.6 is 0 Å². The maximum Gasteiger partial charge on any atom is 0.343 e. The molecule has 0 aromatic carbocycles. The maximum atomic E-state index is 11.7. The van der Waals surface area contributed by atoms with E-state index < -0.39 is 23.5 Å². The zero-order valence-corrected chi connectivity index (χ0v) is 10.2. The molecule has 0 bridgehead atoms. The minimum atomic E-state index is -1.29. The van der Waals surface area contributed by atoms with Crippen LogP contribution < -0.4 is 0 Å². The number of rotatable bonds is 1. The molecule has 1 N–H and O–H groups in total. The highest BCUT2D eigenvalue weighted by Crippen LogP contribution is 2.39. The Balaban J connectivity index is 2.95. The van der Waals surface area contributed by atoms with E-state index in [1.165, 1.54) is 0 Å². The molecule has 0 saturated carbocycles. The fourth-order valence-electron chi connectivity index (χ4n) is 1.24. The van der Waals surface area contributed by atoms with Crippen LogP contribution in [0.25, 0.3) is 0 Å². The van der Waals surface area contributed by atoms with Crippen molar-refractivity contribution in [2.45, 2.75) is 59.0 Å². The lowest BCUT2D eigenvalue weighted by atomic mass is 9.88. The lowest BCUT2D eigenvalue weighted by Gasteiger charge is -2.33. The van der Waals surface area contributed by atoms with Gasteiger partial charge in [-0.25, -0.2) is 4.79 Å². The third kappa shape index (κ3) is 2.01. The molecule has 0 aromatic heterocycles. The van der Waals surface area contributed by atoms with E-state index in [9.17, 15) is 9.90 Å². The fraction of sp³-hybridized carbons (Fsp3) is 0.909. The van der Waals surface area contributed by atoms with Gasteiger partial charge in [-0.3, -0.25) is 0 Å². The normalized spacial score (nSPS) is 33.0. The monoisotopic (exact) mass is 216 g/mol. The topological polar surface area (TPSA) is 55.8 Å². The first-order valence-corrected chi connectivity index (χ1v) is 5.10. The number of carbonyl (C=O) groups excluding carboxylic acids is 1. The lowest BCUT2D eigenvalue weighted by Crippen LogP contribution is -2.52. The van der Waals surface area contributed by atoms with E-state index in [1.807, 2.05) is 20.8 Å². The summed E-state index contributed by atoms with van der Waals surface area (Å²) in [5.74, 6) is -0.505. The Morgan fingerprint density at radius 3 is 1.93 bits per heavy atom. The van der Waals surface area contributed by atoms with Crippen LogP contribution in [0.1, 0.15) is 41.5 Å². The molecule has 0 amide bonds. The molecule has 0 aliphatic carbocycles. The average molecular weight is 216 g/mol. The highest BCUT2D eigenvalue weighted by atomic mass is 16.8. The molecule has 2 unspecified atom stereocenters. The third-order valence-electron chi connectivity index (χ3n) is 2.82.